The van der Waals surface area contributed by atoms with Crippen LogP contribution in [0.15, 0.2) is 72.8 Å². The number of ether oxygens (including phenoxy) is 4. The summed E-state index contributed by atoms with van der Waals surface area (Å²) in [5.74, 6) is 1.22. The molecule has 0 saturated heterocycles. The van der Waals surface area contributed by atoms with Crippen LogP contribution in [-0.2, 0) is 11.3 Å². The summed E-state index contributed by atoms with van der Waals surface area (Å²) in [4.78, 5) is 44.5. The number of anilines is 1. The second kappa shape index (κ2) is 14.8. The van der Waals surface area contributed by atoms with Crippen LogP contribution in [0, 0.1) is 0 Å². The van der Waals surface area contributed by atoms with Crippen LogP contribution in [0.2, 0.25) is 0 Å². The highest BCUT2D eigenvalue weighted by Crippen LogP contribution is 2.46. The van der Waals surface area contributed by atoms with Gasteiger partial charge in [0.05, 0.1) is 19.9 Å². The maximum Gasteiger partial charge on any atom is 0.407 e. The molecular weight excluding hydrogens is 672 g/mol. The van der Waals surface area contributed by atoms with Crippen molar-refractivity contribution in [2.75, 3.05) is 44.6 Å². The molecule has 11 nitrogen and oxygen atoms in total. The fraction of sp³-hybridized carbons (Fsp3) is 0.308. The lowest BCUT2D eigenvalue weighted by Gasteiger charge is -2.20. The van der Waals surface area contributed by atoms with Gasteiger partial charge in [0.15, 0.2) is 11.5 Å². The molecule has 4 aromatic carbocycles. The Morgan fingerprint density at radius 2 is 1.61 bits per heavy atom. The monoisotopic (exact) mass is 712 g/mol. The van der Waals surface area contributed by atoms with Crippen LogP contribution >= 0.6 is 11.6 Å². The van der Waals surface area contributed by atoms with E-state index >= 15 is 0 Å². The third kappa shape index (κ3) is 7.68. The summed E-state index contributed by atoms with van der Waals surface area (Å²) < 4.78 is 22.6. The Balaban J connectivity index is 1.33. The van der Waals surface area contributed by atoms with Gasteiger partial charge in [-0.1, -0.05) is 36.4 Å². The smallest absolute Gasteiger partial charge is 0.407 e. The van der Waals surface area contributed by atoms with Crippen LogP contribution in [0.5, 0.6) is 17.2 Å². The van der Waals surface area contributed by atoms with Crippen LogP contribution in [0.4, 0.5) is 10.5 Å². The van der Waals surface area contributed by atoms with Crippen molar-refractivity contribution in [2.45, 2.75) is 38.9 Å². The number of H-pyrrole nitrogens is 1. The van der Waals surface area contributed by atoms with Crippen molar-refractivity contribution < 1.29 is 33.3 Å². The SMILES string of the molecule is COc1cc2cc(C(=O)N3CC(CCl)c4c3cc(OCc3ccccc3)c3cc(C(=O)NCCNC(=O)OC(C)(C)C)ccc43)[nH]c2cc1OC. The summed E-state index contributed by atoms with van der Waals surface area (Å²) >= 11 is 6.57. The second-order valence-corrected chi connectivity index (χ2v) is 13.6. The molecule has 0 bridgehead atoms. The van der Waals surface area contributed by atoms with Gasteiger partial charge in [-0.2, -0.15) is 0 Å². The summed E-state index contributed by atoms with van der Waals surface area (Å²) in [5, 5.41) is 7.86. The second-order valence-electron chi connectivity index (χ2n) is 13.3. The van der Waals surface area contributed by atoms with Crippen molar-refractivity contribution in [2.24, 2.45) is 0 Å². The normalized spacial score (nSPS) is 13.9. The van der Waals surface area contributed by atoms with E-state index < -0.39 is 11.7 Å². The average molecular weight is 713 g/mol. The number of amides is 3. The van der Waals surface area contributed by atoms with Gasteiger partial charge >= 0.3 is 6.09 Å². The largest absolute Gasteiger partial charge is 0.493 e. The molecule has 1 aromatic heterocycles. The topological polar surface area (TPSA) is 131 Å². The number of rotatable bonds is 11. The standard InChI is InChI=1S/C39H41ClN4O7/c1-39(2,3)51-38(47)42-14-13-41-36(45)24-11-12-27-28(15-24)32(50-22-23-9-7-6-8-10-23)19-31-35(27)26(20-40)21-44(31)37(46)30-16-25-17-33(48-4)34(49-5)18-29(25)43-30/h6-12,15-19,26,43H,13-14,20-22H2,1-5H3,(H,41,45)(H,42,47). The van der Waals surface area contributed by atoms with Gasteiger partial charge in [-0.25, -0.2) is 4.79 Å². The Kier molecular flexibility index (Phi) is 10.3. The van der Waals surface area contributed by atoms with Crippen LogP contribution in [0.25, 0.3) is 21.7 Å². The summed E-state index contributed by atoms with van der Waals surface area (Å²) in [6.45, 7) is 6.40. The average Bonchev–Trinajstić information content (AvgIpc) is 3.72. The molecule has 51 heavy (non-hydrogen) atoms. The zero-order chi connectivity index (χ0) is 36.3. The van der Waals surface area contributed by atoms with Crippen molar-refractivity contribution in [1.82, 2.24) is 15.6 Å². The Morgan fingerprint density at radius 3 is 2.31 bits per heavy atom. The van der Waals surface area contributed by atoms with Gasteiger partial charge < -0.3 is 39.5 Å². The predicted octanol–water partition coefficient (Wildman–Crippen LogP) is 7.15. The van der Waals surface area contributed by atoms with E-state index in [4.69, 9.17) is 30.5 Å². The summed E-state index contributed by atoms with van der Waals surface area (Å²) in [6, 6.07) is 22.5. The minimum Gasteiger partial charge on any atom is -0.493 e. The van der Waals surface area contributed by atoms with Gasteiger partial charge in [0.2, 0.25) is 0 Å². The molecular formula is C39H41ClN4O7. The van der Waals surface area contributed by atoms with Crippen molar-refractivity contribution in [1.29, 1.82) is 0 Å². The van der Waals surface area contributed by atoms with Gasteiger partial charge in [0.1, 0.15) is 23.7 Å². The maximum atomic E-state index is 14.2. The van der Waals surface area contributed by atoms with Crippen molar-refractivity contribution in [3.8, 4) is 17.2 Å². The minimum absolute atomic E-state index is 0.167. The van der Waals surface area contributed by atoms with E-state index in [1.807, 2.05) is 48.5 Å². The van der Waals surface area contributed by atoms with Gasteiger partial charge in [-0.15, -0.1) is 11.6 Å². The number of aromatic amines is 1. The number of benzene rings is 4. The summed E-state index contributed by atoms with van der Waals surface area (Å²) in [6.07, 6.45) is -0.553. The lowest BCUT2D eigenvalue weighted by atomic mass is 9.94. The molecule has 1 atom stereocenters. The molecule has 3 amide bonds. The third-order valence-electron chi connectivity index (χ3n) is 8.59. The lowest BCUT2D eigenvalue weighted by molar-refractivity contribution is 0.0526. The Morgan fingerprint density at radius 1 is 0.882 bits per heavy atom. The highest BCUT2D eigenvalue weighted by atomic mass is 35.5. The third-order valence-corrected chi connectivity index (χ3v) is 8.96. The number of alkyl halides is 1. The molecule has 5 aromatic rings. The number of alkyl carbamates (subject to hydrolysis) is 1. The van der Waals surface area contributed by atoms with E-state index in [0.29, 0.717) is 40.7 Å². The minimum atomic E-state index is -0.620. The van der Waals surface area contributed by atoms with E-state index in [2.05, 4.69) is 15.6 Å². The zero-order valence-electron chi connectivity index (χ0n) is 29.2. The Bertz CT molecular complexity index is 2050. The van der Waals surface area contributed by atoms with E-state index in [9.17, 15) is 14.4 Å². The first-order valence-electron chi connectivity index (χ1n) is 16.6. The predicted molar refractivity (Wildman–Crippen MR) is 198 cm³/mol. The number of carbonyl (C=O) groups is 3. The van der Waals surface area contributed by atoms with Crippen LogP contribution < -0.4 is 29.7 Å². The molecule has 0 aliphatic carbocycles. The number of carbonyl (C=O) groups excluding carboxylic acids is 3. The van der Waals surface area contributed by atoms with Crippen LogP contribution in [0.3, 0.4) is 0 Å². The molecule has 6 rings (SSSR count). The molecule has 1 unspecified atom stereocenters. The van der Waals surface area contributed by atoms with E-state index in [0.717, 1.165) is 32.8 Å². The number of aromatic nitrogens is 1. The molecule has 0 saturated carbocycles. The number of hydrogen-bond donors (Lipinski definition) is 3. The quantitative estimate of drug-likeness (QED) is 0.0979. The highest BCUT2D eigenvalue weighted by Gasteiger charge is 2.36. The molecule has 1 aliphatic rings. The van der Waals surface area contributed by atoms with Crippen LogP contribution in [0.1, 0.15) is 58.7 Å². The zero-order valence-corrected chi connectivity index (χ0v) is 30.0. The number of hydrogen-bond acceptors (Lipinski definition) is 7. The molecule has 0 spiro atoms. The van der Waals surface area contributed by atoms with Gasteiger partial charge in [0, 0.05) is 65.4 Å². The molecule has 266 valence electrons. The van der Waals surface area contributed by atoms with Gasteiger partial charge in [-0.3, -0.25) is 9.59 Å². The molecule has 0 fully saturated rings. The molecule has 1 aliphatic heterocycles. The van der Waals surface area contributed by atoms with Crippen molar-refractivity contribution >= 4 is 56.9 Å². The Hall–Kier alpha value is -5.42. The molecule has 3 N–H and O–H groups in total. The summed E-state index contributed by atoms with van der Waals surface area (Å²) in [5.41, 5.74) is 3.51. The number of halogens is 1. The maximum absolute atomic E-state index is 14.2. The lowest BCUT2D eigenvalue weighted by Crippen LogP contribution is -2.37. The number of fused-ring (bicyclic) bond motifs is 4. The van der Waals surface area contributed by atoms with Crippen LogP contribution in [-0.4, -0.2) is 68.2 Å². The van der Waals surface area contributed by atoms with E-state index in [1.165, 1.54) is 0 Å². The first-order valence-corrected chi connectivity index (χ1v) is 17.2. The fourth-order valence-electron chi connectivity index (χ4n) is 6.25. The summed E-state index contributed by atoms with van der Waals surface area (Å²) in [7, 11) is 3.13. The first-order chi connectivity index (χ1) is 24.5. The first kappa shape index (κ1) is 35.4. The van der Waals surface area contributed by atoms with E-state index in [-0.39, 0.29) is 43.3 Å². The van der Waals surface area contributed by atoms with Gasteiger partial charge in [0.25, 0.3) is 11.8 Å². The number of nitrogens with one attached hydrogen (secondary N) is 3. The van der Waals surface area contributed by atoms with Crippen molar-refractivity contribution in [3.63, 3.8) is 0 Å². The van der Waals surface area contributed by atoms with Crippen molar-refractivity contribution in [3.05, 3.63) is 95.2 Å². The molecule has 2 heterocycles. The van der Waals surface area contributed by atoms with E-state index in [1.54, 1.807) is 64.2 Å². The highest BCUT2D eigenvalue weighted by molar-refractivity contribution is 6.19. The number of nitrogens with zero attached hydrogens (tertiary/aromatic N) is 1. The fourth-order valence-corrected chi connectivity index (χ4v) is 6.51. The number of methoxy groups -OCH3 is 2. The Labute approximate surface area is 301 Å². The van der Waals surface area contributed by atoms with Gasteiger partial charge in [-0.05, 0) is 61.5 Å². The molecule has 12 heteroatoms. The molecule has 0 radical (unpaired) electrons.